The first-order valence-corrected chi connectivity index (χ1v) is 12.4. The van der Waals surface area contributed by atoms with Crippen LogP contribution in [0.2, 0.25) is 0 Å². The number of hydrogen-bond acceptors (Lipinski definition) is 7. The van der Waals surface area contributed by atoms with Crippen LogP contribution in [-0.2, 0) is 26.0 Å². The van der Waals surface area contributed by atoms with Crippen molar-refractivity contribution in [3.8, 4) is 11.5 Å². The highest BCUT2D eigenvalue weighted by atomic mass is 32.2. The second-order valence-electron chi connectivity index (χ2n) is 7.94. The van der Waals surface area contributed by atoms with Gasteiger partial charge in [-0.1, -0.05) is 23.4 Å². The van der Waals surface area contributed by atoms with Crippen molar-refractivity contribution >= 4 is 21.6 Å². The number of aryl methyl sites for hydroxylation is 2. The van der Waals surface area contributed by atoms with Crippen LogP contribution in [0.3, 0.4) is 0 Å². The zero-order valence-electron chi connectivity index (χ0n) is 19.1. The molecular weight excluding hydrogens is 458 g/mol. The Morgan fingerprint density at radius 3 is 2.53 bits per heavy atom. The SMILES string of the molecule is Cc1noc(C)c1CCC(=O)Nc1cc(S(=O)(=O)N2CCOCC2)ccc1Oc1ccccc1. The lowest BCUT2D eigenvalue weighted by Gasteiger charge is -2.26. The molecule has 1 saturated heterocycles. The summed E-state index contributed by atoms with van der Waals surface area (Å²) in [5.41, 5.74) is 1.92. The third kappa shape index (κ3) is 5.46. The maximum absolute atomic E-state index is 13.2. The van der Waals surface area contributed by atoms with Crippen LogP contribution in [0.4, 0.5) is 5.69 Å². The van der Waals surface area contributed by atoms with Gasteiger partial charge < -0.3 is 19.3 Å². The molecule has 2 aromatic carbocycles. The quantitative estimate of drug-likeness (QED) is 0.518. The molecule has 1 fully saturated rings. The van der Waals surface area contributed by atoms with Crippen molar-refractivity contribution in [3.05, 3.63) is 65.5 Å². The number of sulfonamides is 1. The number of nitrogens with zero attached hydrogens (tertiary/aromatic N) is 2. The Morgan fingerprint density at radius 2 is 1.85 bits per heavy atom. The van der Waals surface area contributed by atoms with E-state index in [-0.39, 0.29) is 36.0 Å². The van der Waals surface area contributed by atoms with Gasteiger partial charge in [0.15, 0.2) is 5.75 Å². The summed E-state index contributed by atoms with van der Waals surface area (Å²) in [5.74, 6) is 1.31. The molecule has 10 heteroatoms. The zero-order chi connectivity index (χ0) is 24.1. The number of amides is 1. The number of nitrogens with one attached hydrogen (secondary N) is 1. The molecule has 0 aliphatic carbocycles. The molecule has 34 heavy (non-hydrogen) atoms. The van der Waals surface area contributed by atoms with Crippen LogP contribution in [0.15, 0.2) is 57.9 Å². The fourth-order valence-electron chi connectivity index (χ4n) is 3.72. The first-order chi connectivity index (χ1) is 16.3. The topological polar surface area (TPSA) is 111 Å². The summed E-state index contributed by atoms with van der Waals surface area (Å²) >= 11 is 0. The molecule has 0 unspecified atom stereocenters. The highest BCUT2D eigenvalue weighted by Gasteiger charge is 2.27. The number of benzene rings is 2. The van der Waals surface area contributed by atoms with Gasteiger partial charge in [-0.2, -0.15) is 4.31 Å². The molecular formula is C24H27N3O6S. The third-order valence-electron chi connectivity index (χ3n) is 5.59. The van der Waals surface area contributed by atoms with Crippen molar-refractivity contribution in [3.63, 3.8) is 0 Å². The average Bonchev–Trinajstić information content (AvgIpc) is 3.17. The molecule has 1 amide bonds. The summed E-state index contributed by atoms with van der Waals surface area (Å²) < 4.78 is 44.1. The second-order valence-corrected chi connectivity index (χ2v) is 9.88. The maximum atomic E-state index is 13.2. The van der Waals surface area contributed by atoms with Crippen molar-refractivity contribution in [1.82, 2.24) is 9.46 Å². The summed E-state index contributed by atoms with van der Waals surface area (Å²) in [4.78, 5) is 12.9. The molecule has 0 spiro atoms. The van der Waals surface area contributed by atoms with Crippen LogP contribution in [0.5, 0.6) is 11.5 Å². The van der Waals surface area contributed by atoms with Crippen molar-refractivity contribution in [2.24, 2.45) is 0 Å². The summed E-state index contributed by atoms with van der Waals surface area (Å²) in [6.45, 7) is 4.89. The molecule has 3 aromatic rings. The molecule has 0 bridgehead atoms. The van der Waals surface area contributed by atoms with Crippen molar-refractivity contribution in [2.75, 3.05) is 31.6 Å². The van der Waals surface area contributed by atoms with Gasteiger partial charge in [-0.3, -0.25) is 4.79 Å². The lowest BCUT2D eigenvalue weighted by Crippen LogP contribution is -2.40. The first-order valence-electron chi connectivity index (χ1n) is 11.0. The minimum atomic E-state index is -3.74. The lowest BCUT2D eigenvalue weighted by atomic mass is 10.1. The van der Waals surface area contributed by atoms with E-state index in [9.17, 15) is 13.2 Å². The van der Waals surface area contributed by atoms with Crippen molar-refractivity contribution in [1.29, 1.82) is 0 Å². The van der Waals surface area contributed by atoms with Crippen LogP contribution in [0.25, 0.3) is 0 Å². The Bertz CT molecular complexity index is 1230. The highest BCUT2D eigenvalue weighted by Crippen LogP contribution is 2.33. The Kier molecular flexibility index (Phi) is 7.30. The molecule has 2 heterocycles. The molecule has 1 N–H and O–H groups in total. The number of anilines is 1. The number of morpholine rings is 1. The monoisotopic (exact) mass is 485 g/mol. The van der Waals surface area contributed by atoms with E-state index in [1.807, 2.05) is 25.1 Å². The van der Waals surface area contributed by atoms with Gasteiger partial charge in [0.05, 0.1) is 29.5 Å². The van der Waals surface area contributed by atoms with Crippen LogP contribution in [0, 0.1) is 13.8 Å². The molecule has 1 aliphatic heterocycles. The van der Waals surface area contributed by atoms with Crippen molar-refractivity contribution < 1.29 is 27.2 Å². The van der Waals surface area contributed by atoms with Gasteiger partial charge in [0, 0.05) is 25.1 Å². The van der Waals surface area contributed by atoms with E-state index < -0.39 is 10.0 Å². The number of ether oxygens (including phenoxy) is 2. The normalized spacial score (nSPS) is 14.6. The number of hydrogen-bond donors (Lipinski definition) is 1. The fraction of sp³-hybridized carbons (Fsp3) is 0.333. The van der Waals surface area contributed by atoms with Gasteiger partial charge in [-0.25, -0.2) is 8.42 Å². The van der Waals surface area contributed by atoms with Crippen LogP contribution >= 0.6 is 0 Å². The Balaban J connectivity index is 1.58. The average molecular weight is 486 g/mol. The molecule has 1 aliphatic rings. The molecule has 0 atom stereocenters. The van der Waals surface area contributed by atoms with Crippen LogP contribution < -0.4 is 10.1 Å². The van der Waals surface area contributed by atoms with E-state index in [1.165, 1.54) is 16.4 Å². The number of carbonyl (C=O) groups excluding carboxylic acids is 1. The van der Waals surface area contributed by atoms with E-state index in [4.69, 9.17) is 14.0 Å². The summed E-state index contributed by atoms with van der Waals surface area (Å²) in [7, 11) is -3.74. The maximum Gasteiger partial charge on any atom is 0.243 e. The van der Waals surface area contributed by atoms with Gasteiger partial charge in [0.2, 0.25) is 15.9 Å². The van der Waals surface area contributed by atoms with Gasteiger partial charge >= 0.3 is 0 Å². The largest absolute Gasteiger partial charge is 0.455 e. The number of aromatic nitrogens is 1. The minimum Gasteiger partial charge on any atom is -0.455 e. The van der Waals surface area contributed by atoms with E-state index in [2.05, 4.69) is 10.5 Å². The lowest BCUT2D eigenvalue weighted by molar-refractivity contribution is -0.116. The van der Waals surface area contributed by atoms with Crippen LogP contribution in [-0.4, -0.2) is 50.1 Å². The van der Waals surface area contributed by atoms with E-state index in [0.29, 0.717) is 36.9 Å². The molecule has 4 rings (SSSR count). The molecule has 0 saturated carbocycles. The number of carbonyl (C=O) groups is 1. The molecule has 9 nitrogen and oxygen atoms in total. The fourth-order valence-corrected chi connectivity index (χ4v) is 5.15. The Morgan fingerprint density at radius 1 is 1.12 bits per heavy atom. The van der Waals surface area contributed by atoms with Crippen LogP contribution in [0.1, 0.15) is 23.4 Å². The molecule has 180 valence electrons. The molecule has 0 radical (unpaired) electrons. The van der Waals surface area contributed by atoms with Gasteiger partial charge in [-0.05, 0) is 50.6 Å². The zero-order valence-corrected chi connectivity index (χ0v) is 19.9. The summed E-state index contributed by atoms with van der Waals surface area (Å²) in [5, 5.41) is 6.74. The number of rotatable bonds is 8. The van der Waals surface area contributed by atoms with E-state index in [0.717, 1.165) is 11.3 Å². The summed E-state index contributed by atoms with van der Waals surface area (Å²) in [6, 6.07) is 13.6. The molecule has 1 aromatic heterocycles. The Labute approximate surface area is 198 Å². The smallest absolute Gasteiger partial charge is 0.243 e. The number of para-hydroxylation sites is 1. The van der Waals surface area contributed by atoms with Crippen molar-refractivity contribution in [2.45, 2.75) is 31.6 Å². The highest BCUT2D eigenvalue weighted by molar-refractivity contribution is 7.89. The predicted molar refractivity (Wildman–Crippen MR) is 125 cm³/mol. The minimum absolute atomic E-state index is 0.0795. The second kappa shape index (κ2) is 10.4. The first kappa shape index (κ1) is 23.9. The van der Waals surface area contributed by atoms with Gasteiger partial charge in [0.1, 0.15) is 11.5 Å². The van der Waals surface area contributed by atoms with Gasteiger partial charge in [-0.15, -0.1) is 0 Å². The Hall–Kier alpha value is -3.21. The third-order valence-corrected chi connectivity index (χ3v) is 7.48. The summed E-state index contributed by atoms with van der Waals surface area (Å²) in [6.07, 6.45) is 0.627. The van der Waals surface area contributed by atoms with E-state index in [1.54, 1.807) is 25.1 Å². The van der Waals surface area contributed by atoms with E-state index >= 15 is 0 Å². The predicted octanol–water partition coefficient (Wildman–Crippen LogP) is 3.68. The van der Waals surface area contributed by atoms with Gasteiger partial charge in [0.25, 0.3) is 0 Å². The standard InChI is InChI=1S/C24H27N3O6S/c1-17-21(18(2)33-26-17)9-11-24(28)25-22-16-20(34(29,30)27-12-14-31-15-13-27)8-10-23(22)32-19-6-4-3-5-7-19/h3-8,10,16H,9,11-15H2,1-2H3,(H,25,28).